The maximum absolute atomic E-state index is 12.4. The molecule has 2 aromatic rings. The molecule has 1 atom stereocenters. The second kappa shape index (κ2) is 8.70. The summed E-state index contributed by atoms with van der Waals surface area (Å²) in [6.07, 6.45) is 1.24. The molecule has 0 bridgehead atoms. The average molecular weight is 360 g/mol. The molecule has 0 fully saturated rings. The summed E-state index contributed by atoms with van der Waals surface area (Å²) in [6, 6.07) is 7.09. The van der Waals surface area contributed by atoms with Crippen molar-refractivity contribution in [2.24, 2.45) is 0 Å². The number of amides is 1. The van der Waals surface area contributed by atoms with Crippen LogP contribution in [0.5, 0.6) is 11.5 Å². The third-order valence-corrected chi connectivity index (χ3v) is 3.76. The van der Waals surface area contributed by atoms with Gasteiger partial charge in [-0.15, -0.1) is 0 Å². The first-order valence-corrected chi connectivity index (χ1v) is 7.76. The molecule has 0 saturated carbocycles. The first-order chi connectivity index (χ1) is 12.5. The third kappa shape index (κ3) is 4.62. The lowest BCUT2D eigenvalue weighted by Crippen LogP contribution is -2.31. The molecule has 2 N–H and O–H groups in total. The quantitative estimate of drug-likeness (QED) is 0.724. The predicted molar refractivity (Wildman–Crippen MR) is 93.4 cm³/mol. The van der Waals surface area contributed by atoms with Crippen LogP contribution in [0.15, 0.2) is 41.3 Å². The number of aromatic nitrogens is 1. The summed E-state index contributed by atoms with van der Waals surface area (Å²) in [5, 5.41) is 2.76. The number of methoxy groups -OCH3 is 3. The minimum atomic E-state index is -0.651. The van der Waals surface area contributed by atoms with Crippen LogP contribution in [0.1, 0.15) is 28.4 Å². The first kappa shape index (κ1) is 19.0. The van der Waals surface area contributed by atoms with Gasteiger partial charge in [0.25, 0.3) is 5.91 Å². The van der Waals surface area contributed by atoms with Crippen molar-refractivity contribution in [3.05, 3.63) is 58.0 Å². The standard InChI is InChI=1S/C18H20N2O6/c1-24-14-6-4-11(8-15(14)25-2)13(9-17(22)26-3)20-18(23)12-5-7-16(21)19-10-12/h4-8,10,13H,9H2,1-3H3,(H,19,21)(H,20,23)/t13-/m1/s1. The van der Waals surface area contributed by atoms with Crippen LogP contribution in [0.25, 0.3) is 0 Å². The van der Waals surface area contributed by atoms with Gasteiger partial charge in [0, 0.05) is 12.3 Å². The second-order valence-electron chi connectivity index (χ2n) is 5.36. The summed E-state index contributed by atoms with van der Waals surface area (Å²) in [5.74, 6) is 0.0784. The molecule has 0 aliphatic heterocycles. The van der Waals surface area contributed by atoms with Gasteiger partial charge in [0.2, 0.25) is 5.56 Å². The van der Waals surface area contributed by atoms with Crippen LogP contribution < -0.4 is 20.3 Å². The van der Waals surface area contributed by atoms with E-state index >= 15 is 0 Å². The monoisotopic (exact) mass is 360 g/mol. The van der Waals surface area contributed by atoms with E-state index in [1.165, 1.54) is 39.7 Å². The normalized spacial score (nSPS) is 11.3. The van der Waals surface area contributed by atoms with E-state index in [0.29, 0.717) is 17.1 Å². The number of rotatable bonds is 7. The lowest BCUT2D eigenvalue weighted by molar-refractivity contribution is -0.141. The topological polar surface area (TPSA) is 107 Å². The van der Waals surface area contributed by atoms with Gasteiger partial charge in [-0.1, -0.05) is 6.07 Å². The van der Waals surface area contributed by atoms with E-state index in [2.05, 4.69) is 10.3 Å². The summed E-state index contributed by atoms with van der Waals surface area (Å²) in [6.45, 7) is 0. The average Bonchev–Trinajstić information content (AvgIpc) is 2.67. The lowest BCUT2D eigenvalue weighted by Gasteiger charge is -2.19. The van der Waals surface area contributed by atoms with Crippen LogP contribution in [0, 0.1) is 0 Å². The smallest absolute Gasteiger partial charge is 0.307 e. The highest BCUT2D eigenvalue weighted by Gasteiger charge is 2.21. The molecule has 0 spiro atoms. The highest BCUT2D eigenvalue weighted by Crippen LogP contribution is 2.31. The van der Waals surface area contributed by atoms with Crippen molar-refractivity contribution in [3.8, 4) is 11.5 Å². The highest BCUT2D eigenvalue weighted by atomic mass is 16.5. The van der Waals surface area contributed by atoms with E-state index in [0.717, 1.165) is 0 Å². The summed E-state index contributed by atoms with van der Waals surface area (Å²) in [5.41, 5.74) is 0.596. The number of benzene rings is 1. The SMILES string of the molecule is COC(=O)C[C@@H](NC(=O)c1ccc(=O)[nH]c1)c1ccc(OC)c(OC)c1. The molecule has 2 rings (SSSR count). The Morgan fingerprint density at radius 1 is 1.08 bits per heavy atom. The largest absolute Gasteiger partial charge is 0.493 e. The van der Waals surface area contributed by atoms with Crippen molar-refractivity contribution < 1.29 is 23.8 Å². The summed E-state index contributed by atoms with van der Waals surface area (Å²) < 4.78 is 15.2. The van der Waals surface area contributed by atoms with Crippen molar-refractivity contribution in [2.45, 2.75) is 12.5 Å². The van der Waals surface area contributed by atoms with E-state index in [9.17, 15) is 14.4 Å². The van der Waals surface area contributed by atoms with Gasteiger partial charge in [-0.2, -0.15) is 0 Å². The van der Waals surface area contributed by atoms with E-state index < -0.39 is 17.9 Å². The number of ether oxygens (including phenoxy) is 3. The Kier molecular flexibility index (Phi) is 6.37. The van der Waals surface area contributed by atoms with Crippen molar-refractivity contribution in [3.63, 3.8) is 0 Å². The van der Waals surface area contributed by atoms with Crippen LogP contribution in [0.2, 0.25) is 0 Å². The number of H-pyrrole nitrogens is 1. The summed E-state index contributed by atoms with van der Waals surface area (Å²) in [7, 11) is 4.29. The van der Waals surface area contributed by atoms with Gasteiger partial charge in [0.15, 0.2) is 11.5 Å². The van der Waals surface area contributed by atoms with E-state index in [4.69, 9.17) is 14.2 Å². The van der Waals surface area contributed by atoms with E-state index in [1.54, 1.807) is 18.2 Å². The molecule has 1 heterocycles. The van der Waals surface area contributed by atoms with Gasteiger partial charge in [0.1, 0.15) is 0 Å². The molecular formula is C18H20N2O6. The third-order valence-electron chi connectivity index (χ3n) is 3.76. The number of hydrogen-bond acceptors (Lipinski definition) is 6. The van der Waals surface area contributed by atoms with Crippen molar-refractivity contribution in [1.82, 2.24) is 10.3 Å². The van der Waals surface area contributed by atoms with Gasteiger partial charge < -0.3 is 24.5 Å². The predicted octanol–water partition coefficient (Wildman–Crippen LogP) is 1.43. The fraction of sp³-hybridized carbons (Fsp3) is 0.278. The molecular weight excluding hydrogens is 340 g/mol. The Labute approximate surface area is 150 Å². The Bertz CT molecular complexity index is 825. The molecule has 0 saturated heterocycles. The van der Waals surface area contributed by atoms with Crippen molar-refractivity contribution in [2.75, 3.05) is 21.3 Å². The van der Waals surface area contributed by atoms with Gasteiger partial charge >= 0.3 is 5.97 Å². The molecule has 1 amide bonds. The lowest BCUT2D eigenvalue weighted by atomic mass is 10.0. The van der Waals surface area contributed by atoms with Crippen LogP contribution in [0.3, 0.4) is 0 Å². The van der Waals surface area contributed by atoms with E-state index in [1.807, 2.05) is 0 Å². The van der Waals surface area contributed by atoms with Gasteiger partial charge in [-0.3, -0.25) is 14.4 Å². The van der Waals surface area contributed by atoms with Gasteiger partial charge in [-0.05, 0) is 23.8 Å². The fourth-order valence-electron chi connectivity index (χ4n) is 2.37. The summed E-state index contributed by atoms with van der Waals surface area (Å²) >= 11 is 0. The highest BCUT2D eigenvalue weighted by molar-refractivity contribution is 5.94. The molecule has 1 aromatic heterocycles. The number of aromatic amines is 1. The zero-order valence-corrected chi connectivity index (χ0v) is 14.7. The molecule has 0 aliphatic carbocycles. The number of hydrogen-bond donors (Lipinski definition) is 2. The molecule has 0 radical (unpaired) electrons. The van der Waals surface area contributed by atoms with Crippen molar-refractivity contribution >= 4 is 11.9 Å². The molecule has 138 valence electrons. The number of carbonyl (C=O) groups excluding carboxylic acids is 2. The van der Waals surface area contributed by atoms with Crippen LogP contribution >= 0.6 is 0 Å². The molecule has 0 unspecified atom stereocenters. The fourth-order valence-corrected chi connectivity index (χ4v) is 2.37. The Balaban J connectivity index is 2.31. The number of pyridine rings is 1. The molecule has 0 aliphatic rings. The minimum Gasteiger partial charge on any atom is -0.493 e. The Hall–Kier alpha value is -3.29. The molecule has 26 heavy (non-hydrogen) atoms. The summed E-state index contributed by atoms with van der Waals surface area (Å²) in [4.78, 5) is 37.8. The Morgan fingerprint density at radius 2 is 1.81 bits per heavy atom. The second-order valence-corrected chi connectivity index (χ2v) is 5.36. The van der Waals surface area contributed by atoms with Crippen molar-refractivity contribution in [1.29, 1.82) is 0 Å². The van der Waals surface area contributed by atoms with Gasteiger partial charge in [-0.25, -0.2) is 0 Å². The minimum absolute atomic E-state index is 0.0684. The van der Waals surface area contributed by atoms with Crippen LogP contribution in [-0.2, 0) is 9.53 Å². The number of carbonyl (C=O) groups is 2. The van der Waals surface area contributed by atoms with Gasteiger partial charge in [0.05, 0.1) is 39.4 Å². The molecule has 1 aromatic carbocycles. The zero-order valence-electron chi connectivity index (χ0n) is 14.7. The van der Waals surface area contributed by atoms with E-state index in [-0.39, 0.29) is 17.5 Å². The maximum atomic E-state index is 12.4. The first-order valence-electron chi connectivity index (χ1n) is 7.76. The Morgan fingerprint density at radius 3 is 2.38 bits per heavy atom. The maximum Gasteiger partial charge on any atom is 0.307 e. The molecule has 8 heteroatoms. The van der Waals surface area contributed by atoms with Crippen LogP contribution in [0.4, 0.5) is 0 Å². The number of esters is 1. The molecule has 8 nitrogen and oxygen atoms in total. The zero-order chi connectivity index (χ0) is 19.1. The van der Waals surface area contributed by atoms with Crippen LogP contribution in [-0.4, -0.2) is 38.2 Å². The number of nitrogens with one attached hydrogen (secondary N) is 2.